The monoisotopic (exact) mass is 266 g/mol. The minimum absolute atomic E-state index is 0.179. The molecule has 1 aromatic carbocycles. The van der Waals surface area contributed by atoms with Gasteiger partial charge in [-0.3, -0.25) is 4.79 Å². The molecule has 0 saturated carbocycles. The summed E-state index contributed by atoms with van der Waals surface area (Å²) >= 11 is 0. The number of carbonyl (C=O) groups is 1. The molecule has 4 nitrogen and oxygen atoms in total. The van der Waals surface area contributed by atoms with Gasteiger partial charge in [0.2, 0.25) is 5.91 Å². The van der Waals surface area contributed by atoms with Gasteiger partial charge in [0, 0.05) is 18.8 Å². The summed E-state index contributed by atoms with van der Waals surface area (Å²) in [4.78, 5) is 11.6. The fraction of sp³-hybridized carbons (Fsp3) is 0.500. The van der Waals surface area contributed by atoms with Crippen LogP contribution in [-0.2, 0) is 9.53 Å². The third-order valence-corrected chi connectivity index (χ3v) is 3.14. The van der Waals surface area contributed by atoms with Gasteiger partial charge in [-0.25, -0.2) is 4.39 Å². The quantitative estimate of drug-likeness (QED) is 0.855. The van der Waals surface area contributed by atoms with Crippen LogP contribution in [0.3, 0.4) is 0 Å². The average Bonchev–Trinajstić information content (AvgIpc) is 2.87. The molecule has 0 aromatic heterocycles. The molecule has 2 N–H and O–H groups in total. The highest BCUT2D eigenvalue weighted by molar-refractivity contribution is 5.92. The predicted molar refractivity (Wildman–Crippen MR) is 71.6 cm³/mol. The van der Waals surface area contributed by atoms with Crippen LogP contribution in [0.5, 0.6) is 0 Å². The van der Waals surface area contributed by atoms with Gasteiger partial charge in [-0.1, -0.05) is 6.07 Å². The van der Waals surface area contributed by atoms with E-state index in [1.165, 1.54) is 6.07 Å². The van der Waals surface area contributed by atoms with Gasteiger partial charge in [-0.05, 0) is 37.5 Å². The molecule has 0 bridgehead atoms. The Morgan fingerprint density at radius 1 is 1.53 bits per heavy atom. The Hall–Kier alpha value is -1.46. The molecule has 1 fully saturated rings. The summed E-state index contributed by atoms with van der Waals surface area (Å²) in [5.41, 5.74) is 1.04. The lowest BCUT2D eigenvalue weighted by Crippen LogP contribution is -2.33. The Morgan fingerprint density at radius 3 is 3.05 bits per heavy atom. The van der Waals surface area contributed by atoms with Gasteiger partial charge in [0.15, 0.2) is 0 Å². The van der Waals surface area contributed by atoms with Crippen LogP contribution in [0.2, 0.25) is 0 Å². The third-order valence-electron chi connectivity index (χ3n) is 3.14. The third kappa shape index (κ3) is 4.29. The zero-order valence-corrected chi connectivity index (χ0v) is 11.0. The van der Waals surface area contributed by atoms with Crippen molar-refractivity contribution in [2.45, 2.75) is 25.9 Å². The minimum atomic E-state index is -0.315. The number of hydrogen-bond acceptors (Lipinski definition) is 3. The molecule has 1 aliphatic rings. The van der Waals surface area contributed by atoms with Crippen molar-refractivity contribution in [3.05, 3.63) is 29.6 Å². The van der Waals surface area contributed by atoms with Crippen molar-refractivity contribution in [3.63, 3.8) is 0 Å². The van der Waals surface area contributed by atoms with Crippen LogP contribution in [-0.4, -0.2) is 31.7 Å². The average molecular weight is 266 g/mol. The molecule has 1 unspecified atom stereocenters. The molecule has 104 valence electrons. The number of rotatable bonds is 5. The van der Waals surface area contributed by atoms with E-state index in [-0.39, 0.29) is 24.4 Å². The smallest absolute Gasteiger partial charge is 0.238 e. The van der Waals surface area contributed by atoms with Crippen molar-refractivity contribution in [3.8, 4) is 0 Å². The van der Waals surface area contributed by atoms with Gasteiger partial charge in [0.1, 0.15) is 5.82 Å². The van der Waals surface area contributed by atoms with Crippen LogP contribution in [0.1, 0.15) is 18.4 Å². The first-order valence-corrected chi connectivity index (χ1v) is 6.53. The van der Waals surface area contributed by atoms with Gasteiger partial charge in [0.25, 0.3) is 0 Å². The lowest BCUT2D eigenvalue weighted by atomic mass is 10.2. The molecule has 1 saturated heterocycles. The predicted octanol–water partition coefficient (Wildman–Crippen LogP) is 1.84. The summed E-state index contributed by atoms with van der Waals surface area (Å²) in [7, 11) is 0. The number of hydrogen-bond donors (Lipinski definition) is 2. The standard InChI is InChI=1S/C14H19FN2O2/c1-10-4-5-11(7-13(10)15)17-14(18)9-16-8-12-3-2-6-19-12/h4-5,7,12,16H,2-3,6,8-9H2,1H3,(H,17,18). The van der Waals surface area contributed by atoms with Crippen molar-refractivity contribution in [2.75, 3.05) is 25.0 Å². The summed E-state index contributed by atoms with van der Waals surface area (Å²) in [6, 6.07) is 4.66. The minimum Gasteiger partial charge on any atom is -0.377 e. The molecule has 1 atom stereocenters. The van der Waals surface area contributed by atoms with Gasteiger partial charge in [-0.15, -0.1) is 0 Å². The van der Waals surface area contributed by atoms with Crippen LogP contribution in [0.25, 0.3) is 0 Å². The van der Waals surface area contributed by atoms with Crippen molar-refractivity contribution in [1.82, 2.24) is 5.32 Å². The second-order valence-corrected chi connectivity index (χ2v) is 4.78. The van der Waals surface area contributed by atoms with Gasteiger partial charge in [-0.2, -0.15) is 0 Å². The maximum Gasteiger partial charge on any atom is 0.238 e. The second kappa shape index (κ2) is 6.63. The highest BCUT2D eigenvalue weighted by atomic mass is 19.1. The first kappa shape index (κ1) is 14.0. The summed E-state index contributed by atoms with van der Waals surface area (Å²) in [6.45, 7) is 3.37. The van der Waals surface area contributed by atoms with Crippen LogP contribution in [0, 0.1) is 12.7 Å². The topological polar surface area (TPSA) is 50.4 Å². The number of carbonyl (C=O) groups excluding carboxylic acids is 1. The van der Waals surface area contributed by atoms with Crippen LogP contribution < -0.4 is 10.6 Å². The number of anilines is 1. The molecule has 5 heteroatoms. The van der Waals surface area contributed by atoms with Gasteiger partial charge >= 0.3 is 0 Å². The normalized spacial score (nSPS) is 18.5. The van der Waals surface area contributed by atoms with E-state index < -0.39 is 0 Å². The van der Waals surface area contributed by atoms with Crippen molar-refractivity contribution >= 4 is 11.6 Å². The Labute approximate surface area is 112 Å². The number of benzene rings is 1. The zero-order chi connectivity index (χ0) is 13.7. The largest absolute Gasteiger partial charge is 0.377 e. The highest BCUT2D eigenvalue weighted by Crippen LogP contribution is 2.13. The maximum absolute atomic E-state index is 13.3. The van der Waals surface area contributed by atoms with E-state index in [9.17, 15) is 9.18 Å². The van der Waals surface area contributed by atoms with Crippen LogP contribution in [0.4, 0.5) is 10.1 Å². The van der Waals surface area contributed by atoms with E-state index in [0.717, 1.165) is 19.4 Å². The SMILES string of the molecule is Cc1ccc(NC(=O)CNCC2CCCO2)cc1F. The first-order valence-electron chi connectivity index (χ1n) is 6.53. The van der Waals surface area contributed by atoms with E-state index in [1.807, 2.05) is 0 Å². The molecular formula is C14H19FN2O2. The molecule has 1 amide bonds. The Bertz CT molecular complexity index is 445. The summed E-state index contributed by atoms with van der Waals surface area (Å²) in [5.74, 6) is -0.494. The fourth-order valence-corrected chi connectivity index (χ4v) is 2.03. The Kier molecular flexibility index (Phi) is 4.87. The van der Waals surface area contributed by atoms with E-state index in [1.54, 1.807) is 19.1 Å². The number of nitrogens with one attached hydrogen (secondary N) is 2. The van der Waals surface area contributed by atoms with Gasteiger partial charge < -0.3 is 15.4 Å². The summed E-state index contributed by atoms with van der Waals surface area (Å²) in [5, 5.41) is 5.70. The molecule has 2 rings (SSSR count). The van der Waals surface area contributed by atoms with E-state index >= 15 is 0 Å². The number of amides is 1. The molecular weight excluding hydrogens is 247 g/mol. The fourth-order valence-electron chi connectivity index (χ4n) is 2.03. The highest BCUT2D eigenvalue weighted by Gasteiger charge is 2.15. The molecule has 1 aliphatic heterocycles. The summed E-state index contributed by atoms with van der Waals surface area (Å²) < 4.78 is 18.7. The van der Waals surface area contributed by atoms with Crippen molar-refractivity contribution in [2.24, 2.45) is 0 Å². The Balaban J connectivity index is 1.72. The first-order chi connectivity index (χ1) is 9.15. The van der Waals surface area contributed by atoms with E-state index in [2.05, 4.69) is 10.6 Å². The van der Waals surface area contributed by atoms with Crippen LogP contribution in [0.15, 0.2) is 18.2 Å². The summed E-state index contributed by atoms with van der Waals surface area (Å²) in [6.07, 6.45) is 2.34. The number of halogens is 1. The molecule has 0 aliphatic carbocycles. The molecule has 0 radical (unpaired) electrons. The molecule has 19 heavy (non-hydrogen) atoms. The van der Waals surface area contributed by atoms with E-state index in [4.69, 9.17) is 4.74 Å². The van der Waals surface area contributed by atoms with Gasteiger partial charge in [0.05, 0.1) is 12.6 Å². The zero-order valence-electron chi connectivity index (χ0n) is 11.0. The van der Waals surface area contributed by atoms with E-state index in [0.29, 0.717) is 17.8 Å². The molecule has 1 aromatic rings. The number of ether oxygens (including phenoxy) is 1. The van der Waals surface area contributed by atoms with Crippen LogP contribution >= 0.6 is 0 Å². The molecule has 0 spiro atoms. The van der Waals surface area contributed by atoms with Crippen molar-refractivity contribution < 1.29 is 13.9 Å². The Morgan fingerprint density at radius 2 is 2.37 bits per heavy atom. The molecule has 1 heterocycles. The lowest BCUT2D eigenvalue weighted by Gasteiger charge is -2.11. The second-order valence-electron chi connectivity index (χ2n) is 4.78. The lowest BCUT2D eigenvalue weighted by molar-refractivity contribution is -0.115. The van der Waals surface area contributed by atoms with Crippen molar-refractivity contribution in [1.29, 1.82) is 0 Å². The number of aryl methyl sites for hydroxylation is 1. The maximum atomic E-state index is 13.3.